The van der Waals surface area contributed by atoms with Gasteiger partial charge in [0.1, 0.15) is 0 Å². The van der Waals surface area contributed by atoms with E-state index in [1.165, 1.54) is 6.42 Å². The third-order valence-electron chi connectivity index (χ3n) is 4.41. The van der Waals surface area contributed by atoms with Gasteiger partial charge in [-0.1, -0.05) is 41.9 Å². The molecular formula is C17H22N2O2. The molecule has 0 unspecified atom stereocenters. The molecule has 1 aromatic rings. The predicted octanol–water partition coefficient (Wildman–Crippen LogP) is 2.83. The van der Waals surface area contributed by atoms with Crippen LogP contribution < -0.4 is 0 Å². The van der Waals surface area contributed by atoms with E-state index in [0.717, 1.165) is 37.1 Å². The van der Waals surface area contributed by atoms with Gasteiger partial charge in [-0.2, -0.15) is 0 Å². The van der Waals surface area contributed by atoms with Crippen LogP contribution in [-0.4, -0.2) is 35.7 Å². The zero-order valence-corrected chi connectivity index (χ0v) is 12.5. The number of likely N-dealkylation sites (N-methyl/N-ethyl adjacent to an activating group) is 1. The van der Waals surface area contributed by atoms with Gasteiger partial charge in [0.2, 0.25) is 5.91 Å². The van der Waals surface area contributed by atoms with E-state index in [9.17, 15) is 4.79 Å². The Bertz CT molecular complexity index is 523. The Labute approximate surface area is 125 Å². The molecule has 4 heteroatoms. The Kier molecular flexibility index (Phi) is 4.23. The Morgan fingerprint density at radius 3 is 2.71 bits per heavy atom. The first-order valence-electron chi connectivity index (χ1n) is 7.85. The van der Waals surface area contributed by atoms with Gasteiger partial charge in [-0.25, -0.2) is 0 Å². The van der Waals surface area contributed by atoms with Crippen molar-refractivity contribution in [2.24, 2.45) is 11.1 Å². The highest BCUT2D eigenvalue weighted by atomic mass is 16.6. The molecule has 1 saturated carbocycles. The maximum Gasteiger partial charge on any atom is 0.225 e. The summed E-state index contributed by atoms with van der Waals surface area (Å²) in [5.41, 5.74) is 2.08. The lowest BCUT2D eigenvalue weighted by atomic mass is 9.84. The summed E-state index contributed by atoms with van der Waals surface area (Å²) < 4.78 is 0. The molecule has 21 heavy (non-hydrogen) atoms. The Hall–Kier alpha value is -1.84. The fourth-order valence-electron chi connectivity index (χ4n) is 2.86. The summed E-state index contributed by atoms with van der Waals surface area (Å²) in [6, 6.07) is 10.1. The van der Waals surface area contributed by atoms with Crippen molar-refractivity contribution >= 4 is 11.6 Å². The monoisotopic (exact) mass is 286 g/mol. The number of carbonyl (C=O) groups excluding carboxylic acids is 1. The molecule has 1 atom stereocenters. The summed E-state index contributed by atoms with van der Waals surface area (Å²) in [6.45, 7) is 3.42. The van der Waals surface area contributed by atoms with Gasteiger partial charge in [0.25, 0.3) is 0 Å². The van der Waals surface area contributed by atoms with E-state index in [2.05, 4.69) is 5.16 Å². The molecule has 1 aliphatic carbocycles. The average Bonchev–Trinajstić information content (AvgIpc) is 2.92. The van der Waals surface area contributed by atoms with Crippen molar-refractivity contribution in [3.8, 4) is 0 Å². The molecule has 0 aromatic heterocycles. The van der Waals surface area contributed by atoms with Gasteiger partial charge in [0.15, 0.2) is 6.10 Å². The third kappa shape index (κ3) is 3.09. The lowest BCUT2D eigenvalue weighted by Gasteiger charge is -2.31. The van der Waals surface area contributed by atoms with E-state index in [0.29, 0.717) is 12.5 Å². The standard InChI is InChI=1S/C17H22N2O2/c1-2-19(17(20)14-9-6-10-14)12-15-11-16(18-21-15)13-7-4-3-5-8-13/h3-5,7-8,14-15H,2,6,9-12H2,1H3/t15-/m1/s1. The van der Waals surface area contributed by atoms with Crippen LogP contribution in [0.3, 0.4) is 0 Å². The minimum Gasteiger partial charge on any atom is -0.390 e. The van der Waals surface area contributed by atoms with Gasteiger partial charge < -0.3 is 9.74 Å². The normalized spacial score (nSPS) is 21.4. The van der Waals surface area contributed by atoms with E-state index in [-0.39, 0.29) is 12.0 Å². The number of rotatable bonds is 5. The maximum atomic E-state index is 12.3. The quantitative estimate of drug-likeness (QED) is 0.835. The summed E-state index contributed by atoms with van der Waals surface area (Å²) in [4.78, 5) is 19.8. The molecule has 1 aromatic carbocycles. The third-order valence-corrected chi connectivity index (χ3v) is 4.41. The van der Waals surface area contributed by atoms with Crippen LogP contribution in [0, 0.1) is 5.92 Å². The van der Waals surface area contributed by atoms with Crippen molar-refractivity contribution in [3.63, 3.8) is 0 Å². The largest absolute Gasteiger partial charge is 0.390 e. The first-order chi connectivity index (χ1) is 10.3. The number of hydrogen-bond donors (Lipinski definition) is 0. The van der Waals surface area contributed by atoms with Crippen LogP contribution in [0.2, 0.25) is 0 Å². The van der Waals surface area contributed by atoms with Crippen LogP contribution >= 0.6 is 0 Å². The van der Waals surface area contributed by atoms with Gasteiger partial charge in [-0.15, -0.1) is 0 Å². The zero-order valence-electron chi connectivity index (χ0n) is 12.5. The van der Waals surface area contributed by atoms with Crippen molar-refractivity contribution in [3.05, 3.63) is 35.9 Å². The van der Waals surface area contributed by atoms with E-state index >= 15 is 0 Å². The van der Waals surface area contributed by atoms with Crippen molar-refractivity contribution < 1.29 is 9.63 Å². The molecule has 1 heterocycles. The van der Waals surface area contributed by atoms with Crippen LogP contribution in [-0.2, 0) is 9.63 Å². The molecule has 4 nitrogen and oxygen atoms in total. The van der Waals surface area contributed by atoms with E-state index in [4.69, 9.17) is 4.84 Å². The van der Waals surface area contributed by atoms with Gasteiger partial charge in [0, 0.05) is 18.9 Å². The van der Waals surface area contributed by atoms with Crippen molar-refractivity contribution in [1.82, 2.24) is 4.90 Å². The minimum absolute atomic E-state index is 0.0100. The number of oxime groups is 1. The average molecular weight is 286 g/mol. The van der Waals surface area contributed by atoms with Crippen LogP contribution in [0.25, 0.3) is 0 Å². The van der Waals surface area contributed by atoms with Gasteiger partial charge in [-0.05, 0) is 25.3 Å². The first-order valence-corrected chi connectivity index (χ1v) is 7.85. The molecule has 0 bridgehead atoms. The van der Waals surface area contributed by atoms with E-state index in [1.54, 1.807) is 0 Å². The van der Waals surface area contributed by atoms with Crippen LogP contribution in [0.5, 0.6) is 0 Å². The molecular weight excluding hydrogens is 264 g/mol. The Morgan fingerprint density at radius 1 is 1.33 bits per heavy atom. The second kappa shape index (κ2) is 6.29. The van der Waals surface area contributed by atoms with Crippen molar-refractivity contribution in [2.45, 2.75) is 38.7 Å². The second-order valence-corrected chi connectivity index (χ2v) is 5.84. The SMILES string of the molecule is CCN(C[C@H]1CC(c2ccccc2)=NO1)C(=O)C1CCC1. The summed E-state index contributed by atoms with van der Waals surface area (Å²) in [5, 5.41) is 4.19. The Morgan fingerprint density at radius 2 is 2.10 bits per heavy atom. The van der Waals surface area contributed by atoms with Crippen LogP contribution in [0.4, 0.5) is 0 Å². The maximum absolute atomic E-state index is 12.3. The molecule has 3 rings (SSSR count). The predicted molar refractivity (Wildman–Crippen MR) is 82.1 cm³/mol. The molecule has 1 amide bonds. The van der Waals surface area contributed by atoms with E-state index in [1.807, 2.05) is 42.2 Å². The number of carbonyl (C=O) groups is 1. The number of nitrogens with zero attached hydrogens (tertiary/aromatic N) is 2. The van der Waals surface area contributed by atoms with Gasteiger partial charge in [-0.3, -0.25) is 4.79 Å². The minimum atomic E-state index is -0.0100. The van der Waals surface area contributed by atoms with Crippen LogP contribution in [0.15, 0.2) is 35.5 Å². The molecule has 0 radical (unpaired) electrons. The molecule has 0 saturated heterocycles. The number of amides is 1. The highest BCUT2D eigenvalue weighted by Crippen LogP contribution is 2.28. The summed E-state index contributed by atoms with van der Waals surface area (Å²) >= 11 is 0. The summed E-state index contributed by atoms with van der Waals surface area (Å²) in [5.74, 6) is 0.543. The van der Waals surface area contributed by atoms with Gasteiger partial charge >= 0.3 is 0 Å². The Balaban J connectivity index is 1.56. The van der Waals surface area contributed by atoms with Crippen LogP contribution in [0.1, 0.15) is 38.2 Å². The molecule has 2 aliphatic rings. The molecule has 1 aliphatic heterocycles. The van der Waals surface area contributed by atoms with Crippen molar-refractivity contribution in [2.75, 3.05) is 13.1 Å². The van der Waals surface area contributed by atoms with E-state index < -0.39 is 0 Å². The molecule has 1 fully saturated rings. The first kappa shape index (κ1) is 14.1. The smallest absolute Gasteiger partial charge is 0.225 e. The van der Waals surface area contributed by atoms with Crippen molar-refractivity contribution in [1.29, 1.82) is 0 Å². The highest BCUT2D eigenvalue weighted by molar-refractivity contribution is 6.01. The van der Waals surface area contributed by atoms with Gasteiger partial charge in [0.05, 0.1) is 12.3 Å². The fraction of sp³-hybridized carbons (Fsp3) is 0.529. The molecule has 0 N–H and O–H groups in total. The zero-order chi connectivity index (χ0) is 14.7. The summed E-state index contributed by atoms with van der Waals surface area (Å²) in [7, 11) is 0. The second-order valence-electron chi connectivity index (χ2n) is 5.84. The number of benzene rings is 1. The topological polar surface area (TPSA) is 41.9 Å². The lowest BCUT2D eigenvalue weighted by molar-refractivity contribution is -0.139. The fourth-order valence-corrected chi connectivity index (χ4v) is 2.86. The molecule has 112 valence electrons. The summed E-state index contributed by atoms with van der Waals surface area (Å²) in [6.07, 6.45) is 4.05. The molecule has 0 spiro atoms. The lowest BCUT2D eigenvalue weighted by Crippen LogP contribution is -2.42. The number of hydrogen-bond acceptors (Lipinski definition) is 3. The highest BCUT2D eigenvalue weighted by Gasteiger charge is 2.32.